The predicted octanol–water partition coefficient (Wildman–Crippen LogP) is 3.49. The van der Waals surface area contributed by atoms with Crippen molar-refractivity contribution in [1.29, 1.82) is 0 Å². The number of carboxylic acid groups (broad SMARTS) is 1. The van der Waals surface area contributed by atoms with Crippen LogP contribution >= 0.6 is 0 Å². The van der Waals surface area contributed by atoms with E-state index in [4.69, 9.17) is 0 Å². The fraction of sp³-hybridized carbons (Fsp3) is 0.632. The average Bonchev–Trinajstić information content (AvgIpc) is 2.54. The Labute approximate surface area is 156 Å². The third-order valence-corrected chi connectivity index (χ3v) is 6.89. The number of piperidine rings is 1. The zero-order chi connectivity index (χ0) is 19.6. The highest BCUT2D eigenvalue weighted by Gasteiger charge is 2.30. The van der Waals surface area contributed by atoms with Crippen molar-refractivity contribution in [3.8, 4) is 0 Å². The van der Waals surface area contributed by atoms with Gasteiger partial charge in [-0.2, -0.15) is 4.31 Å². The highest BCUT2D eigenvalue weighted by molar-refractivity contribution is 7.89. The Morgan fingerprint density at radius 1 is 1.08 bits per heavy atom. The number of benzene rings is 1. The molecule has 0 saturated carbocycles. The molecule has 0 spiro atoms. The van der Waals surface area contributed by atoms with Crippen molar-refractivity contribution in [2.75, 3.05) is 18.0 Å². The third-order valence-electron chi connectivity index (χ3n) is 4.85. The van der Waals surface area contributed by atoms with Crippen LogP contribution in [0.25, 0.3) is 0 Å². The van der Waals surface area contributed by atoms with Gasteiger partial charge < -0.3 is 10.0 Å². The molecular formula is C19H30N2O4S. The highest BCUT2D eigenvalue weighted by atomic mass is 32.2. The molecule has 0 radical (unpaired) electrons. The molecule has 146 valence electrons. The minimum atomic E-state index is -3.68. The summed E-state index contributed by atoms with van der Waals surface area (Å²) >= 11 is 0. The molecule has 0 unspecified atom stereocenters. The molecule has 26 heavy (non-hydrogen) atoms. The van der Waals surface area contributed by atoms with Crippen LogP contribution in [0.5, 0.6) is 0 Å². The van der Waals surface area contributed by atoms with Crippen molar-refractivity contribution in [2.45, 2.75) is 70.9 Å². The Kier molecular flexibility index (Phi) is 6.34. The van der Waals surface area contributed by atoms with Crippen LogP contribution in [0.3, 0.4) is 0 Å². The molecule has 1 aromatic carbocycles. The van der Waals surface area contributed by atoms with Gasteiger partial charge in [0.2, 0.25) is 10.0 Å². The van der Waals surface area contributed by atoms with Gasteiger partial charge in [0.1, 0.15) is 0 Å². The van der Waals surface area contributed by atoms with Gasteiger partial charge in [0.25, 0.3) is 0 Å². The van der Waals surface area contributed by atoms with Crippen LogP contribution in [0, 0.1) is 6.92 Å². The quantitative estimate of drug-likeness (QED) is 0.815. The second-order valence-corrected chi connectivity index (χ2v) is 9.41. The monoisotopic (exact) mass is 382 g/mol. The van der Waals surface area contributed by atoms with E-state index in [0.29, 0.717) is 24.3 Å². The maximum absolute atomic E-state index is 13.1. The van der Waals surface area contributed by atoms with E-state index in [-0.39, 0.29) is 22.5 Å². The Morgan fingerprint density at radius 3 is 2.08 bits per heavy atom. The van der Waals surface area contributed by atoms with Gasteiger partial charge in [0.05, 0.1) is 16.1 Å². The van der Waals surface area contributed by atoms with Crippen LogP contribution in [0.4, 0.5) is 5.69 Å². The maximum Gasteiger partial charge on any atom is 0.337 e. The molecule has 7 heteroatoms. The molecule has 0 atom stereocenters. The minimum absolute atomic E-state index is 0.0357. The van der Waals surface area contributed by atoms with Crippen molar-refractivity contribution in [3.05, 3.63) is 23.3 Å². The van der Waals surface area contributed by atoms with Crippen LogP contribution in [0.1, 0.15) is 62.9 Å². The van der Waals surface area contributed by atoms with Gasteiger partial charge in [-0.05, 0) is 65.2 Å². The normalized spacial score (nSPS) is 16.3. The first kappa shape index (κ1) is 20.7. The number of hydrogen-bond donors (Lipinski definition) is 1. The highest BCUT2D eigenvalue weighted by Crippen LogP contribution is 2.32. The maximum atomic E-state index is 13.1. The number of nitrogens with zero attached hydrogens (tertiary/aromatic N) is 2. The van der Waals surface area contributed by atoms with Crippen molar-refractivity contribution >= 4 is 21.7 Å². The van der Waals surface area contributed by atoms with Crippen LogP contribution in [0.2, 0.25) is 0 Å². The van der Waals surface area contributed by atoms with Gasteiger partial charge >= 0.3 is 5.97 Å². The fourth-order valence-corrected chi connectivity index (χ4v) is 5.48. The fourth-order valence-electron chi connectivity index (χ4n) is 3.73. The van der Waals surface area contributed by atoms with E-state index in [2.05, 4.69) is 0 Å². The van der Waals surface area contributed by atoms with E-state index in [1.54, 1.807) is 13.0 Å². The molecule has 0 aliphatic carbocycles. The third kappa shape index (κ3) is 4.04. The van der Waals surface area contributed by atoms with Crippen molar-refractivity contribution in [2.24, 2.45) is 0 Å². The Bertz CT molecular complexity index is 758. The second kappa shape index (κ2) is 7.96. The number of aromatic carboxylic acids is 1. The Balaban J connectivity index is 2.61. The lowest BCUT2D eigenvalue weighted by molar-refractivity contribution is 0.0697. The lowest BCUT2D eigenvalue weighted by atomic mass is 10.1. The molecule has 1 aliphatic rings. The SMILES string of the molecule is Cc1cc(N(C(C)C)C(C)C)c(C(=O)O)cc1S(=O)(=O)N1CCCCC1. The number of carbonyl (C=O) groups is 1. The molecule has 2 rings (SSSR count). The van der Waals surface area contributed by atoms with Crippen molar-refractivity contribution in [3.63, 3.8) is 0 Å². The summed E-state index contributed by atoms with van der Waals surface area (Å²) in [6.45, 7) is 10.7. The molecule has 6 nitrogen and oxygen atoms in total. The molecule has 0 bridgehead atoms. The molecule has 0 aromatic heterocycles. The van der Waals surface area contributed by atoms with Gasteiger partial charge in [0, 0.05) is 25.2 Å². The summed E-state index contributed by atoms with van der Waals surface area (Å²) in [5.74, 6) is -1.11. The summed E-state index contributed by atoms with van der Waals surface area (Å²) < 4.78 is 27.6. The average molecular weight is 383 g/mol. The topological polar surface area (TPSA) is 77.9 Å². The summed E-state index contributed by atoms with van der Waals surface area (Å²) in [4.78, 5) is 14.0. The molecule has 1 fully saturated rings. The van der Waals surface area contributed by atoms with Crippen molar-refractivity contribution < 1.29 is 18.3 Å². The largest absolute Gasteiger partial charge is 0.478 e. The molecule has 0 amide bonds. The minimum Gasteiger partial charge on any atom is -0.478 e. The van der Waals surface area contributed by atoms with E-state index in [1.807, 2.05) is 32.6 Å². The second-order valence-electron chi connectivity index (χ2n) is 7.50. The van der Waals surface area contributed by atoms with Crippen LogP contribution in [-0.2, 0) is 10.0 Å². The number of anilines is 1. The first-order valence-electron chi connectivity index (χ1n) is 9.23. The van der Waals surface area contributed by atoms with Gasteiger partial charge in [-0.1, -0.05) is 6.42 Å². The molecular weight excluding hydrogens is 352 g/mol. The Morgan fingerprint density at radius 2 is 1.62 bits per heavy atom. The zero-order valence-electron chi connectivity index (χ0n) is 16.3. The van der Waals surface area contributed by atoms with E-state index >= 15 is 0 Å². The number of hydrogen-bond acceptors (Lipinski definition) is 4. The standard InChI is InChI=1S/C19H30N2O4S/c1-13(2)21(14(3)4)17-11-15(5)18(12-16(17)19(22)23)26(24,25)20-9-7-6-8-10-20/h11-14H,6-10H2,1-5H3,(H,22,23). The number of sulfonamides is 1. The van der Waals surface area contributed by atoms with E-state index < -0.39 is 16.0 Å². The van der Waals surface area contributed by atoms with Crippen LogP contribution in [0.15, 0.2) is 17.0 Å². The molecule has 1 aromatic rings. The summed E-state index contributed by atoms with van der Waals surface area (Å²) in [7, 11) is -3.68. The lowest BCUT2D eigenvalue weighted by Crippen LogP contribution is -2.39. The molecule has 1 saturated heterocycles. The summed E-state index contributed by atoms with van der Waals surface area (Å²) in [6.07, 6.45) is 2.72. The number of aryl methyl sites for hydroxylation is 1. The first-order chi connectivity index (χ1) is 12.1. The van der Waals surface area contributed by atoms with E-state index in [9.17, 15) is 18.3 Å². The van der Waals surface area contributed by atoms with Gasteiger partial charge in [-0.25, -0.2) is 13.2 Å². The van der Waals surface area contributed by atoms with Gasteiger partial charge in [0.15, 0.2) is 0 Å². The van der Waals surface area contributed by atoms with E-state index in [0.717, 1.165) is 19.3 Å². The van der Waals surface area contributed by atoms with Crippen LogP contribution in [-0.4, -0.2) is 49.0 Å². The van der Waals surface area contributed by atoms with E-state index in [1.165, 1.54) is 10.4 Å². The van der Waals surface area contributed by atoms with Gasteiger partial charge in [-0.15, -0.1) is 0 Å². The lowest BCUT2D eigenvalue weighted by Gasteiger charge is -2.35. The van der Waals surface area contributed by atoms with Crippen molar-refractivity contribution in [1.82, 2.24) is 4.31 Å². The molecule has 1 aliphatic heterocycles. The van der Waals surface area contributed by atoms with Crippen LogP contribution < -0.4 is 4.90 Å². The Hall–Kier alpha value is -1.60. The van der Waals surface area contributed by atoms with Gasteiger partial charge in [-0.3, -0.25) is 0 Å². The predicted molar refractivity (Wildman–Crippen MR) is 103 cm³/mol. The number of rotatable bonds is 6. The molecule has 1 heterocycles. The summed E-state index contributed by atoms with van der Waals surface area (Å²) in [6, 6.07) is 3.24. The smallest absolute Gasteiger partial charge is 0.337 e. The number of carboxylic acids is 1. The zero-order valence-corrected chi connectivity index (χ0v) is 17.1. The first-order valence-corrected chi connectivity index (χ1v) is 10.7. The summed E-state index contributed by atoms with van der Waals surface area (Å²) in [5, 5.41) is 9.73. The molecule has 1 N–H and O–H groups in total. The summed E-state index contributed by atoms with van der Waals surface area (Å²) in [5.41, 5.74) is 1.19.